The van der Waals surface area contributed by atoms with Crippen LogP contribution in [0.1, 0.15) is 5.56 Å². The Morgan fingerprint density at radius 2 is 1.86 bits per heavy atom. The molecule has 22 heavy (non-hydrogen) atoms. The molecule has 0 heterocycles. The molecule has 0 aromatic heterocycles. The van der Waals surface area contributed by atoms with Gasteiger partial charge < -0.3 is 4.74 Å². The molecule has 2 rings (SSSR count). The predicted octanol–water partition coefficient (Wildman–Crippen LogP) is 2.96. The molecular weight excluding hydrogens is 314 g/mol. The zero-order valence-electron chi connectivity index (χ0n) is 11.0. The Kier molecular flexibility index (Phi) is 4.58. The Morgan fingerprint density at radius 3 is 2.55 bits per heavy atom. The molecule has 0 unspecified atom stereocenters. The van der Waals surface area contributed by atoms with E-state index in [4.69, 9.17) is 5.26 Å². The Morgan fingerprint density at radius 1 is 1.14 bits per heavy atom. The zero-order chi connectivity index (χ0) is 16.2. The third kappa shape index (κ3) is 3.71. The number of rotatable bonds is 5. The van der Waals surface area contributed by atoms with Gasteiger partial charge in [-0.05, 0) is 30.3 Å². The van der Waals surface area contributed by atoms with Crippen LogP contribution in [0.4, 0.5) is 14.5 Å². The minimum Gasteiger partial charge on any atom is -0.433 e. The number of ether oxygens (including phenoxy) is 1. The van der Waals surface area contributed by atoms with Gasteiger partial charge in [0.25, 0.3) is 10.0 Å². The van der Waals surface area contributed by atoms with Crippen molar-refractivity contribution in [2.24, 2.45) is 0 Å². The molecule has 0 fully saturated rings. The maximum Gasteiger partial charge on any atom is 0.387 e. The lowest BCUT2D eigenvalue weighted by molar-refractivity contribution is -0.0493. The number of sulfonamides is 1. The first kappa shape index (κ1) is 15.7. The lowest BCUT2D eigenvalue weighted by atomic mass is 10.2. The largest absolute Gasteiger partial charge is 0.433 e. The molecule has 2 aromatic rings. The predicted molar refractivity (Wildman–Crippen MR) is 75.0 cm³/mol. The van der Waals surface area contributed by atoms with Crippen molar-refractivity contribution in [2.75, 3.05) is 4.72 Å². The lowest BCUT2D eigenvalue weighted by Crippen LogP contribution is -2.14. The van der Waals surface area contributed by atoms with Crippen LogP contribution < -0.4 is 9.46 Å². The summed E-state index contributed by atoms with van der Waals surface area (Å²) in [5, 5.41) is 8.79. The van der Waals surface area contributed by atoms with Crippen molar-refractivity contribution >= 4 is 15.7 Å². The van der Waals surface area contributed by atoms with E-state index in [9.17, 15) is 17.2 Å². The van der Waals surface area contributed by atoms with Crippen molar-refractivity contribution in [1.82, 2.24) is 0 Å². The van der Waals surface area contributed by atoms with Crippen LogP contribution in [0.5, 0.6) is 5.75 Å². The van der Waals surface area contributed by atoms with Crippen molar-refractivity contribution in [1.29, 1.82) is 5.26 Å². The summed E-state index contributed by atoms with van der Waals surface area (Å²) in [5.41, 5.74) is 0.0464. The smallest absolute Gasteiger partial charge is 0.387 e. The van der Waals surface area contributed by atoms with Gasteiger partial charge in [0, 0.05) is 0 Å². The summed E-state index contributed by atoms with van der Waals surface area (Å²) >= 11 is 0. The molecule has 114 valence electrons. The number of para-hydroxylation sites is 2. The third-order valence-electron chi connectivity index (χ3n) is 2.62. The van der Waals surface area contributed by atoms with E-state index < -0.39 is 16.6 Å². The van der Waals surface area contributed by atoms with Gasteiger partial charge in [-0.1, -0.05) is 18.2 Å². The Balaban J connectivity index is 2.35. The van der Waals surface area contributed by atoms with Gasteiger partial charge in [0.1, 0.15) is 5.75 Å². The number of alkyl halides is 2. The van der Waals surface area contributed by atoms with Gasteiger partial charge in [-0.2, -0.15) is 14.0 Å². The van der Waals surface area contributed by atoms with Crippen LogP contribution in [0.25, 0.3) is 0 Å². The number of nitrogens with zero attached hydrogens (tertiary/aromatic N) is 1. The first-order valence-corrected chi connectivity index (χ1v) is 7.47. The third-order valence-corrected chi connectivity index (χ3v) is 3.98. The fourth-order valence-corrected chi connectivity index (χ4v) is 2.80. The molecule has 8 heteroatoms. The van der Waals surface area contributed by atoms with Crippen LogP contribution in [0.15, 0.2) is 53.4 Å². The van der Waals surface area contributed by atoms with Crippen molar-refractivity contribution in [3.63, 3.8) is 0 Å². The summed E-state index contributed by atoms with van der Waals surface area (Å²) in [6, 6.07) is 12.6. The topological polar surface area (TPSA) is 79.2 Å². The Hall–Kier alpha value is -2.66. The highest BCUT2D eigenvalue weighted by molar-refractivity contribution is 7.92. The molecule has 0 spiro atoms. The van der Waals surface area contributed by atoms with Gasteiger partial charge in [-0.3, -0.25) is 4.72 Å². The van der Waals surface area contributed by atoms with Gasteiger partial charge >= 0.3 is 6.61 Å². The molecule has 0 aliphatic heterocycles. The fraction of sp³-hybridized carbons (Fsp3) is 0.0714. The number of benzene rings is 2. The molecule has 0 saturated heterocycles. The second kappa shape index (κ2) is 6.41. The molecule has 0 amide bonds. The van der Waals surface area contributed by atoms with Crippen LogP contribution in [0, 0.1) is 11.3 Å². The van der Waals surface area contributed by atoms with Crippen molar-refractivity contribution in [3.05, 3.63) is 54.1 Å². The summed E-state index contributed by atoms with van der Waals surface area (Å²) < 4.78 is 55.6. The maximum atomic E-state index is 12.3. The van der Waals surface area contributed by atoms with Gasteiger partial charge in [0.05, 0.1) is 22.2 Å². The number of nitriles is 1. The molecule has 5 nitrogen and oxygen atoms in total. The van der Waals surface area contributed by atoms with Crippen molar-refractivity contribution in [3.8, 4) is 11.8 Å². The van der Waals surface area contributed by atoms with Crippen LogP contribution in [0.2, 0.25) is 0 Å². The number of nitrogens with one attached hydrogen (secondary N) is 1. The van der Waals surface area contributed by atoms with Gasteiger partial charge in [-0.25, -0.2) is 8.42 Å². The molecule has 1 N–H and O–H groups in total. The first-order valence-electron chi connectivity index (χ1n) is 5.99. The highest BCUT2D eigenvalue weighted by Gasteiger charge is 2.18. The number of halogens is 2. The van der Waals surface area contributed by atoms with Crippen LogP contribution >= 0.6 is 0 Å². The number of hydrogen-bond donors (Lipinski definition) is 1. The van der Waals surface area contributed by atoms with E-state index in [0.717, 1.165) is 0 Å². The van der Waals surface area contributed by atoms with Crippen LogP contribution in [-0.4, -0.2) is 15.0 Å². The van der Waals surface area contributed by atoms with E-state index >= 15 is 0 Å². The van der Waals surface area contributed by atoms with Crippen molar-refractivity contribution < 1.29 is 21.9 Å². The SMILES string of the molecule is N#Cc1cccc(S(=O)(=O)Nc2ccccc2OC(F)F)c1. The number of anilines is 1. The normalized spacial score (nSPS) is 11.0. The minimum absolute atomic E-state index is 0.120. The molecule has 0 atom stereocenters. The molecule has 0 radical (unpaired) electrons. The Bertz CT molecular complexity index is 817. The summed E-state index contributed by atoms with van der Waals surface area (Å²) in [7, 11) is -4.03. The van der Waals surface area contributed by atoms with Crippen LogP contribution in [0.3, 0.4) is 0 Å². The molecule has 0 saturated carbocycles. The average Bonchev–Trinajstić information content (AvgIpc) is 2.48. The number of hydrogen-bond acceptors (Lipinski definition) is 4. The zero-order valence-corrected chi connectivity index (χ0v) is 11.8. The Labute approximate surface area is 125 Å². The second-order valence-electron chi connectivity index (χ2n) is 4.12. The van der Waals surface area contributed by atoms with E-state index in [1.165, 1.54) is 48.5 Å². The van der Waals surface area contributed by atoms with E-state index in [1.807, 2.05) is 6.07 Å². The minimum atomic E-state index is -4.03. The van der Waals surface area contributed by atoms with Gasteiger partial charge in [0.2, 0.25) is 0 Å². The van der Waals surface area contributed by atoms with Crippen molar-refractivity contribution in [2.45, 2.75) is 11.5 Å². The molecular formula is C14H10F2N2O3S. The standard InChI is InChI=1S/C14H10F2N2O3S/c15-14(16)21-13-7-2-1-6-12(13)18-22(19,20)11-5-3-4-10(8-11)9-17/h1-8,14,18H. The van der Waals surface area contributed by atoms with Crippen LogP contribution in [-0.2, 0) is 10.0 Å². The monoisotopic (exact) mass is 324 g/mol. The molecule has 0 aliphatic rings. The summed E-state index contributed by atoms with van der Waals surface area (Å²) in [6.45, 7) is -3.08. The van der Waals surface area contributed by atoms with Gasteiger partial charge in [-0.15, -0.1) is 0 Å². The summed E-state index contributed by atoms with van der Waals surface area (Å²) in [6.07, 6.45) is 0. The molecule has 0 aliphatic carbocycles. The van der Waals surface area contributed by atoms with E-state index in [-0.39, 0.29) is 21.9 Å². The second-order valence-corrected chi connectivity index (χ2v) is 5.80. The van der Waals surface area contributed by atoms with E-state index in [1.54, 1.807) is 0 Å². The fourth-order valence-electron chi connectivity index (χ4n) is 1.69. The lowest BCUT2D eigenvalue weighted by Gasteiger charge is -2.13. The summed E-state index contributed by atoms with van der Waals surface area (Å²) in [4.78, 5) is -0.154. The van der Waals surface area contributed by atoms with E-state index in [0.29, 0.717) is 0 Å². The highest BCUT2D eigenvalue weighted by atomic mass is 32.2. The average molecular weight is 324 g/mol. The summed E-state index contributed by atoms with van der Waals surface area (Å²) in [5.74, 6) is -0.294. The quantitative estimate of drug-likeness (QED) is 0.917. The van der Waals surface area contributed by atoms with E-state index in [2.05, 4.69) is 9.46 Å². The first-order chi connectivity index (χ1) is 10.4. The molecule has 2 aromatic carbocycles. The highest BCUT2D eigenvalue weighted by Crippen LogP contribution is 2.28. The van der Waals surface area contributed by atoms with Gasteiger partial charge in [0.15, 0.2) is 0 Å². The maximum absolute atomic E-state index is 12.3. The molecule has 0 bridgehead atoms.